The summed E-state index contributed by atoms with van der Waals surface area (Å²) in [5.41, 5.74) is 0.539. The minimum atomic E-state index is -0.398. The number of anilines is 1. The number of hydrogen-bond acceptors (Lipinski definition) is 5. The summed E-state index contributed by atoms with van der Waals surface area (Å²) < 4.78 is 5.49. The van der Waals surface area contributed by atoms with Crippen LogP contribution in [0.5, 0.6) is 5.75 Å². The molecule has 0 radical (unpaired) electrons. The first-order valence-corrected chi connectivity index (χ1v) is 7.27. The van der Waals surface area contributed by atoms with E-state index in [0.29, 0.717) is 24.6 Å². The molecule has 0 spiro atoms. The summed E-state index contributed by atoms with van der Waals surface area (Å²) in [7, 11) is 0. The van der Waals surface area contributed by atoms with Crippen LogP contribution in [0.15, 0.2) is 18.2 Å². The number of carbonyl (C=O) groups is 1. The molecular formula is C15H20N2O4. The van der Waals surface area contributed by atoms with Crippen LogP contribution in [0, 0.1) is 16.0 Å². The van der Waals surface area contributed by atoms with Crippen molar-refractivity contribution in [2.24, 2.45) is 5.92 Å². The minimum absolute atomic E-state index is 0.00232. The van der Waals surface area contributed by atoms with Gasteiger partial charge in [0.25, 0.3) is 0 Å². The largest absolute Gasteiger partial charge is 0.487 e. The molecule has 21 heavy (non-hydrogen) atoms. The average Bonchev–Trinajstić information content (AvgIpc) is 2.52. The molecule has 6 heteroatoms. The highest BCUT2D eigenvalue weighted by Gasteiger charge is 2.28. The van der Waals surface area contributed by atoms with Gasteiger partial charge < -0.3 is 14.4 Å². The molecular weight excluding hydrogens is 272 g/mol. The van der Waals surface area contributed by atoms with Crippen molar-refractivity contribution in [2.45, 2.75) is 26.2 Å². The smallest absolute Gasteiger partial charge is 0.333 e. The molecule has 1 aromatic rings. The highest BCUT2D eigenvalue weighted by atomic mass is 16.6. The molecule has 0 amide bonds. The van der Waals surface area contributed by atoms with Crippen molar-refractivity contribution in [1.82, 2.24) is 0 Å². The van der Waals surface area contributed by atoms with Crippen molar-refractivity contribution < 1.29 is 14.5 Å². The van der Waals surface area contributed by atoms with Crippen LogP contribution in [0.4, 0.5) is 11.4 Å². The van der Waals surface area contributed by atoms with Gasteiger partial charge in [-0.05, 0) is 31.4 Å². The highest BCUT2D eigenvalue weighted by Crippen LogP contribution is 2.38. The van der Waals surface area contributed by atoms with Crippen molar-refractivity contribution in [3.05, 3.63) is 28.3 Å². The van der Waals surface area contributed by atoms with Crippen molar-refractivity contribution in [1.29, 1.82) is 0 Å². The number of nitro groups is 1. The standard InChI is InChI=1S/C15H20N2O4/c1-2-9-21-14-7-3-6-13(15(14)17(19)20)16-8-4-5-12(10-16)11-18/h3,6-7,11-12H,2,4-5,8-10H2,1H3. The number of para-hydroxylation sites is 1. The third-order valence-corrected chi connectivity index (χ3v) is 3.61. The predicted molar refractivity (Wildman–Crippen MR) is 79.9 cm³/mol. The van der Waals surface area contributed by atoms with E-state index in [1.165, 1.54) is 0 Å². The Morgan fingerprint density at radius 1 is 1.52 bits per heavy atom. The van der Waals surface area contributed by atoms with Gasteiger partial charge in [0.05, 0.1) is 11.5 Å². The van der Waals surface area contributed by atoms with Gasteiger partial charge in [-0.1, -0.05) is 13.0 Å². The van der Waals surface area contributed by atoms with E-state index >= 15 is 0 Å². The number of aldehydes is 1. The first-order chi connectivity index (χ1) is 10.2. The van der Waals surface area contributed by atoms with E-state index in [1.54, 1.807) is 18.2 Å². The first-order valence-electron chi connectivity index (χ1n) is 7.27. The van der Waals surface area contributed by atoms with E-state index in [1.807, 2.05) is 11.8 Å². The molecule has 1 fully saturated rings. The van der Waals surface area contributed by atoms with Crippen LogP contribution in [0.2, 0.25) is 0 Å². The number of carbonyl (C=O) groups excluding carboxylic acids is 1. The lowest BCUT2D eigenvalue weighted by Crippen LogP contribution is -2.36. The van der Waals surface area contributed by atoms with Gasteiger partial charge in [0.1, 0.15) is 12.0 Å². The van der Waals surface area contributed by atoms with Crippen molar-refractivity contribution in [2.75, 3.05) is 24.6 Å². The number of hydrogen-bond donors (Lipinski definition) is 0. The SMILES string of the molecule is CCCOc1cccc(N2CCCC(C=O)C2)c1[N+](=O)[O-]. The third kappa shape index (κ3) is 3.51. The molecule has 1 heterocycles. The van der Waals surface area contributed by atoms with E-state index < -0.39 is 4.92 Å². The van der Waals surface area contributed by atoms with Crippen molar-refractivity contribution >= 4 is 17.7 Å². The second kappa shape index (κ2) is 7.06. The number of nitrogens with zero attached hydrogens (tertiary/aromatic N) is 2. The Hall–Kier alpha value is -2.11. The molecule has 1 saturated heterocycles. The number of rotatable bonds is 6. The lowest BCUT2D eigenvalue weighted by Gasteiger charge is -2.31. The Labute approximate surface area is 123 Å². The zero-order chi connectivity index (χ0) is 15.2. The van der Waals surface area contributed by atoms with Gasteiger partial charge >= 0.3 is 5.69 Å². The number of benzene rings is 1. The third-order valence-electron chi connectivity index (χ3n) is 3.61. The Kier molecular flexibility index (Phi) is 5.14. The number of nitro benzene ring substituents is 1. The number of ether oxygens (including phenoxy) is 1. The van der Waals surface area contributed by atoms with Crippen LogP contribution < -0.4 is 9.64 Å². The highest BCUT2D eigenvalue weighted by molar-refractivity contribution is 5.70. The van der Waals surface area contributed by atoms with Crippen LogP contribution >= 0.6 is 0 Å². The zero-order valence-corrected chi connectivity index (χ0v) is 12.2. The summed E-state index contributed by atoms with van der Waals surface area (Å²) in [4.78, 5) is 23.9. The summed E-state index contributed by atoms with van der Waals surface area (Å²) in [5, 5.41) is 11.4. The Morgan fingerprint density at radius 3 is 3.00 bits per heavy atom. The molecule has 1 aliphatic heterocycles. The summed E-state index contributed by atoms with van der Waals surface area (Å²) in [5.74, 6) is 0.242. The maximum Gasteiger partial charge on any atom is 0.333 e. The summed E-state index contributed by atoms with van der Waals surface area (Å²) >= 11 is 0. The van der Waals surface area contributed by atoms with E-state index in [2.05, 4.69) is 0 Å². The van der Waals surface area contributed by atoms with Gasteiger partial charge in [0.2, 0.25) is 0 Å². The topological polar surface area (TPSA) is 72.7 Å². The molecule has 0 N–H and O–H groups in total. The molecule has 6 nitrogen and oxygen atoms in total. The fourth-order valence-electron chi connectivity index (χ4n) is 2.62. The van der Waals surface area contributed by atoms with Crippen molar-refractivity contribution in [3.63, 3.8) is 0 Å². The molecule has 2 rings (SSSR count). The van der Waals surface area contributed by atoms with Gasteiger partial charge in [-0.2, -0.15) is 0 Å². The summed E-state index contributed by atoms with van der Waals surface area (Å²) in [6.45, 7) is 3.65. The summed E-state index contributed by atoms with van der Waals surface area (Å²) in [6, 6.07) is 5.11. The number of piperidine rings is 1. The second-order valence-corrected chi connectivity index (χ2v) is 5.21. The van der Waals surface area contributed by atoms with Gasteiger partial charge in [-0.3, -0.25) is 10.1 Å². The Bertz CT molecular complexity index is 518. The molecule has 0 saturated carbocycles. The van der Waals surface area contributed by atoms with E-state index in [-0.39, 0.29) is 11.6 Å². The van der Waals surface area contributed by atoms with Crippen molar-refractivity contribution in [3.8, 4) is 5.75 Å². The molecule has 0 aromatic heterocycles. The maximum atomic E-state index is 11.4. The molecule has 1 aromatic carbocycles. The minimum Gasteiger partial charge on any atom is -0.487 e. The molecule has 114 valence electrons. The molecule has 1 unspecified atom stereocenters. The fraction of sp³-hybridized carbons (Fsp3) is 0.533. The van der Waals surface area contributed by atoms with Crippen LogP contribution in [0.25, 0.3) is 0 Å². The fourth-order valence-corrected chi connectivity index (χ4v) is 2.62. The monoisotopic (exact) mass is 292 g/mol. The lowest BCUT2D eigenvalue weighted by atomic mass is 9.99. The molecule has 0 bridgehead atoms. The predicted octanol–water partition coefficient (Wildman–Crippen LogP) is 2.80. The van der Waals surface area contributed by atoms with Gasteiger partial charge in [0, 0.05) is 19.0 Å². The van der Waals surface area contributed by atoms with E-state index in [0.717, 1.165) is 32.1 Å². The second-order valence-electron chi connectivity index (χ2n) is 5.21. The molecule has 0 aliphatic carbocycles. The van der Waals surface area contributed by atoms with Gasteiger partial charge in [-0.15, -0.1) is 0 Å². The first kappa shape index (κ1) is 15.3. The van der Waals surface area contributed by atoms with E-state index in [9.17, 15) is 14.9 Å². The quantitative estimate of drug-likeness (QED) is 0.458. The van der Waals surface area contributed by atoms with Crippen LogP contribution in [-0.4, -0.2) is 30.9 Å². The average molecular weight is 292 g/mol. The van der Waals surface area contributed by atoms with Crippen LogP contribution in [-0.2, 0) is 4.79 Å². The zero-order valence-electron chi connectivity index (χ0n) is 12.2. The van der Waals surface area contributed by atoms with Gasteiger partial charge in [0.15, 0.2) is 5.75 Å². The Morgan fingerprint density at radius 2 is 2.33 bits per heavy atom. The van der Waals surface area contributed by atoms with Gasteiger partial charge in [-0.25, -0.2) is 0 Å². The normalized spacial score (nSPS) is 18.3. The lowest BCUT2D eigenvalue weighted by molar-refractivity contribution is -0.385. The maximum absolute atomic E-state index is 11.4. The van der Waals surface area contributed by atoms with Crippen LogP contribution in [0.1, 0.15) is 26.2 Å². The molecule has 1 aliphatic rings. The van der Waals surface area contributed by atoms with E-state index in [4.69, 9.17) is 4.74 Å². The Balaban J connectivity index is 2.33. The van der Waals surface area contributed by atoms with Crippen LogP contribution in [0.3, 0.4) is 0 Å². The summed E-state index contributed by atoms with van der Waals surface area (Å²) in [6.07, 6.45) is 3.44. The molecule has 1 atom stereocenters.